The van der Waals surface area contributed by atoms with E-state index >= 15 is 0 Å². The van der Waals surface area contributed by atoms with Crippen LogP contribution in [0.2, 0.25) is 0 Å². The Labute approximate surface area is 170 Å². The second kappa shape index (κ2) is 7.54. The number of phenolic OH excluding ortho intramolecular Hbond substituents is 1. The number of aliphatic hydroxyl groups excluding tert-OH is 1. The lowest BCUT2D eigenvalue weighted by Gasteiger charge is -2.40. The number of carbonyl (C=O) groups excluding carboxylic acids is 2. The largest absolute Gasteiger partial charge is 0.511 e. The number of Topliss-reactive ketones (excluding diaryl/α,β-unsaturated/α-hetero) is 1. The molecule has 1 aromatic carbocycles. The third-order valence-electron chi connectivity index (χ3n) is 6.58. The van der Waals surface area contributed by atoms with Gasteiger partial charge in [0.2, 0.25) is 0 Å². The molecule has 5 nitrogen and oxygen atoms in total. The van der Waals surface area contributed by atoms with Gasteiger partial charge in [0.25, 0.3) is 5.91 Å². The van der Waals surface area contributed by atoms with Crippen molar-refractivity contribution in [1.29, 1.82) is 0 Å². The number of rotatable bonds is 3. The molecule has 5 atom stereocenters. The van der Waals surface area contributed by atoms with Gasteiger partial charge in [-0.05, 0) is 55.2 Å². The topological polar surface area (TPSA) is 86.6 Å². The van der Waals surface area contributed by atoms with E-state index in [2.05, 4.69) is 30.5 Å². The van der Waals surface area contributed by atoms with Crippen molar-refractivity contribution in [2.45, 2.75) is 39.2 Å². The molecule has 1 aromatic rings. The maximum absolute atomic E-state index is 13.0. The highest BCUT2D eigenvalue weighted by Crippen LogP contribution is 2.45. The first-order valence-corrected chi connectivity index (χ1v) is 10.2. The van der Waals surface area contributed by atoms with Gasteiger partial charge in [-0.15, -0.1) is 0 Å². The molecule has 0 unspecified atom stereocenters. The number of benzene rings is 1. The number of fused-ring (bicyclic) bond motifs is 1. The summed E-state index contributed by atoms with van der Waals surface area (Å²) >= 11 is 0. The molecule has 0 aromatic heterocycles. The number of allylic oxidation sites excluding steroid dienone is 5. The van der Waals surface area contributed by atoms with Crippen LogP contribution in [0.3, 0.4) is 0 Å². The smallest absolute Gasteiger partial charge is 0.259 e. The van der Waals surface area contributed by atoms with Crippen LogP contribution in [0.4, 0.5) is 0 Å². The first kappa shape index (κ1) is 19.5. The van der Waals surface area contributed by atoms with Gasteiger partial charge in [-0.3, -0.25) is 9.59 Å². The number of aliphatic hydroxyl groups is 1. The van der Waals surface area contributed by atoms with E-state index in [9.17, 15) is 19.8 Å². The summed E-state index contributed by atoms with van der Waals surface area (Å²) in [5.41, 5.74) is 2.11. The molecule has 3 N–H and O–H groups in total. The number of hydrogen-bond donors (Lipinski definition) is 3. The van der Waals surface area contributed by atoms with E-state index < -0.39 is 11.9 Å². The van der Waals surface area contributed by atoms with Gasteiger partial charge in [0.1, 0.15) is 17.1 Å². The fourth-order valence-corrected chi connectivity index (χ4v) is 5.02. The second-order valence-electron chi connectivity index (χ2n) is 8.61. The average Bonchev–Trinajstić information content (AvgIpc) is 2.96. The molecule has 0 bridgehead atoms. The summed E-state index contributed by atoms with van der Waals surface area (Å²) in [5.74, 6) is -0.378. The van der Waals surface area contributed by atoms with Gasteiger partial charge in [-0.2, -0.15) is 0 Å². The van der Waals surface area contributed by atoms with Gasteiger partial charge in [-0.25, -0.2) is 0 Å². The van der Waals surface area contributed by atoms with Crippen molar-refractivity contribution in [3.63, 3.8) is 0 Å². The van der Waals surface area contributed by atoms with Crippen LogP contribution in [0.5, 0.6) is 5.75 Å². The Morgan fingerprint density at radius 3 is 2.62 bits per heavy atom. The summed E-state index contributed by atoms with van der Waals surface area (Å²) in [6.07, 6.45) is 8.67. The minimum atomic E-state index is -0.692. The van der Waals surface area contributed by atoms with Crippen molar-refractivity contribution in [2.24, 2.45) is 23.7 Å². The minimum absolute atomic E-state index is 0.0551. The first-order valence-electron chi connectivity index (χ1n) is 10.2. The number of nitrogens with one attached hydrogen (secondary N) is 1. The van der Waals surface area contributed by atoms with Gasteiger partial charge in [0.05, 0.1) is 6.04 Å². The molecule has 0 spiro atoms. The predicted octanol–water partition coefficient (Wildman–Crippen LogP) is 3.61. The first-order chi connectivity index (χ1) is 13.8. The molecule has 152 valence electrons. The Morgan fingerprint density at radius 2 is 1.90 bits per heavy atom. The number of ketones is 1. The predicted molar refractivity (Wildman–Crippen MR) is 110 cm³/mol. The van der Waals surface area contributed by atoms with E-state index in [4.69, 9.17) is 0 Å². The van der Waals surface area contributed by atoms with Gasteiger partial charge in [-0.1, -0.05) is 42.9 Å². The molecule has 1 heterocycles. The standard InChI is InChI=1S/C24H27NO4/c1-13-3-10-18-16(11-13)7-4-14(2)20(18)23(28)21-22(27)19(25-24(21)29)12-15-5-8-17(26)9-6-15/h3-9,14,16,18-20,26,28H,10-12H2,1-2H3,(H,25,29)/b23-21+/t14-,16-,18-,19-,20-/m1/s1. The van der Waals surface area contributed by atoms with E-state index in [1.807, 2.05) is 6.92 Å². The zero-order valence-electron chi connectivity index (χ0n) is 16.8. The maximum atomic E-state index is 13.0. The monoisotopic (exact) mass is 393 g/mol. The Balaban J connectivity index is 1.61. The summed E-state index contributed by atoms with van der Waals surface area (Å²) in [5, 5.41) is 23.3. The molecular weight excluding hydrogens is 366 g/mol. The molecule has 0 saturated carbocycles. The molecule has 1 fully saturated rings. The van der Waals surface area contributed by atoms with Crippen molar-refractivity contribution in [1.82, 2.24) is 5.32 Å². The summed E-state index contributed by atoms with van der Waals surface area (Å²) in [7, 11) is 0. The number of phenols is 1. The van der Waals surface area contributed by atoms with Crippen LogP contribution in [-0.4, -0.2) is 27.9 Å². The Bertz CT molecular complexity index is 925. The zero-order valence-corrected chi connectivity index (χ0v) is 16.8. The molecule has 1 saturated heterocycles. The minimum Gasteiger partial charge on any atom is -0.511 e. The fourth-order valence-electron chi connectivity index (χ4n) is 5.02. The van der Waals surface area contributed by atoms with Crippen molar-refractivity contribution in [3.8, 4) is 5.75 Å². The molecule has 1 amide bonds. The number of hydrogen-bond acceptors (Lipinski definition) is 4. The molecule has 0 radical (unpaired) electrons. The van der Waals surface area contributed by atoms with Gasteiger partial charge in [0, 0.05) is 12.3 Å². The highest BCUT2D eigenvalue weighted by atomic mass is 16.3. The quantitative estimate of drug-likeness (QED) is 0.317. The summed E-state index contributed by atoms with van der Waals surface area (Å²) in [4.78, 5) is 25.6. The van der Waals surface area contributed by atoms with Gasteiger partial charge >= 0.3 is 0 Å². The highest BCUT2D eigenvalue weighted by molar-refractivity contribution is 6.27. The number of aromatic hydroxyl groups is 1. The van der Waals surface area contributed by atoms with Crippen molar-refractivity contribution < 1.29 is 19.8 Å². The zero-order chi connectivity index (χ0) is 20.7. The van der Waals surface area contributed by atoms with Crippen molar-refractivity contribution in [2.75, 3.05) is 0 Å². The van der Waals surface area contributed by atoms with Gasteiger partial charge in [0.15, 0.2) is 5.78 Å². The third kappa shape index (κ3) is 3.61. The second-order valence-corrected chi connectivity index (χ2v) is 8.61. The molecule has 3 aliphatic rings. The van der Waals surface area contributed by atoms with Crippen LogP contribution >= 0.6 is 0 Å². The van der Waals surface area contributed by atoms with Crippen LogP contribution in [0, 0.1) is 23.7 Å². The van der Waals surface area contributed by atoms with Crippen LogP contribution in [0.25, 0.3) is 0 Å². The summed E-state index contributed by atoms with van der Waals surface area (Å²) < 4.78 is 0. The number of carbonyl (C=O) groups is 2. The molecule has 2 aliphatic carbocycles. The summed E-state index contributed by atoms with van der Waals surface area (Å²) in [6.45, 7) is 4.15. The molecule has 1 aliphatic heterocycles. The average molecular weight is 393 g/mol. The lowest BCUT2D eigenvalue weighted by atomic mass is 9.64. The SMILES string of the molecule is CC1=CC[C@H]2[C@H](/C(O)=C3\C(=O)N[C@H](Cc4ccc(O)cc4)C3=O)[C@H](C)C=C[C@@H]2C1. The Morgan fingerprint density at radius 1 is 1.17 bits per heavy atom. The van der Waals surface area contributed by atoms with Crippen molar-refractivity contribution in [3.05, 3.63) is 65.0 Å². The van der Waals surface area contributed by atoms with Crippen LogP contribution < -0.4 is 5.32 Å². The normalized spacial score (nSPS) is 33.2. The van der Waals surface area contributed by atoms with E-state index in [0.29, 0.717) is 12.3 Å². The van der Waals surface area contributed by atoms with Crippen LogP contribution in [0.1, 0.15) is 32.3 Å². The van der Waals surface area contributed by atoms with E-state index in [0.717, 1.165) is 18.4 Å². The van der Waals surface area contributed by atoms with E-state index in [1.165, 1.54) is 5.57 Å². The fraction of sp³-hybridized carbons (Fsp3) is 0.417. The third-order valence-corrected chi connectivity index (χ3v) is 6.58. The molecule has 29 heavy (non-hydrogen) atoms. The number of amides is 1. The van der Waals surface area contributed by atoms with E-state index in [-0.39, 0.29) is 40.6 Å². The van der Waals surface area contributed by atoms with Crippen molar-refractivity contribution >= 4 is 11.7 Å². The lowest BCUT2D eigenvalue weighted by Crippen LogP contribution is -2.34. The molecule has 5 heteroatoms. The summed E-state index contributed by atoms with van der Waals surface area (Å²) in [6, 6.07) is 5.87. The maximum Gasteiger partial charge on any atom is 0.259 e. The lowest BCUT2D eigenvalue weighted by molar-refractivity contribution is -0.117. The van der Waals surface area contributed by atoms with Crippen LogP contribution in [0.15, 0.2) is 59.4 Å². The Hall–Kier alpha value is -2.82. The Kier molecular flexibility index (Phi) is 5.07. The van der Waals surface area contributed by atoms with E-state index in [1.54, 1.807) is 24.3 Å². The molecule has 4 rings (SSSR count). The van der Waals surface area contributed by atoms with Crippen LogP contribution in [-0.2, 0) is 16.0 Å². The molecular formula is C24H27NO4. The van der Waals surface area contributed by atoms with Gasteiger partial charge < -0.3 is 15.5 Å². The highest BCUT2D eigenvalue weighted by Gasteiger charge is 2.44.